The van der Waals surface area contributed by atoms with E-state index in [9.17, 15) is 9.59 Å². The van der Waals surface area contributed by atoms with Crippen molar-refractivity contribution in [2.75, 3.05) is 32.8 Å². The Morgan fingerprint density at radius 1 is 1.09 bits per heavy atom. The zero-order valence-corrected chi connectivity index (χ0v) is 20.0. The van der Waals surface area contributed by atoms with Crippen LogP contribution in [0.1, 0.15) is 43.7 Å². The van der Waals surface area contributed by atoms with Crippen LogP contribution in [0.25, 0.3) is 11.1 Å². The quantitative estimate of drug-likeness (QED) is 0.628. The lowest BCUT2D eigenvalue weighted by Gasteiger charge is -2.25. The van der Waals surface area contributed by atoms with E-state index < -0.39 is 0 Å². The number of amides is 2. The van der Waals surface area contributed by atoms with E-state index in [1.54, 1.807) is 0 Å². The van der Waals surface area contributed by atoms with Gasteiger partial charge in [0.2, 0.25) is 11.8 Å². The van der Waals surface area contributed by atoms with E-state index in [1.165, 1.54) is 5.56 Å². The minimum Gasteiger partial charge on any atom is -0.378 e. The standard InChI is InChI=1S/C28H36N2O3/c1-3-29-16-17-30(27(31)15-14-25-8-6-18-33-25)20-24(28(29)32)19-23-7-4-5-9-26(23)22-12-10-21(2)11-13-22/h4-5,7,9-13,24-25H,3,6,8,14-20H2,1-2H3/t24-,25+/m0/s1. The van der Waals surface area contributed by atoms with Crippen LogP contribution in [0.5, 0.6) is 0 Å². The number of carbonyl (C=O) groups excluding carboxylic acids is 2. The summed E-state index contributed by atoms with van der Waals surface area (Å²) >= 11 is 0. The number of nitrogens with zero attached hydrogens (tertiary/aromatic N) is 2. The van der Waals surface area contributed by atoms with Gasteiger partial charge in [-0.05, 0) is 56.2 Å². The van der Waals surface area contributed by atoms with Crippen LogP contribution >= 0.6 is 0 Å². The van der Waals surface area contributed by atoms with Crippen molar-refractivity contribution in [3.05, 3.63) is 59.7 Å². The Hall–Kier alpha value is -2.66. The van der Waals surface area contributed by atoms with E-state index in [-0.39, 0.29) is 23.8 Å². The van der Waals surface area contributed by atoms with Gasteiger partial charge in [0.05, 0.1) is 12.0 Å². The maximum Gasteiger partial charge on any atom is 0.227 e. The molecule has 2 aliphatic rings. The first kappa shape index (κ1) is 23.5. The highest BCUT2D eigenvalue weighted by Gasteiger charge is 2.32. The molecule has 0 bridgehead atoms. The third-order valence-corrected chi connectivity index (χ3v) is 7.03. The molecule has 2 aromatic carbocycles. The van der Waals surface area contributed by atoms with Crippen molar-refractivity contribution >= 4 is 11.8 Å². The molecule has 0 unspecified atom stereocenters. The number of carbonyl (C=O) groups is 2. The van der Waals surface area contributed by atoms with Gasteiger partial charge in [-0.25, -0.2) is 0 Å². The monoisotopic (exact) mass is 448 g/mol. The fourth-order valence-electron chi connectivity index (χ4n) is 5.03. The van der Waals surface area contributed by atoms with Gasteiger partial charge < -0.3 is 14.5 Å². The molecule has 0 spiro atoms. The Labute approximate surface area is 197 Å². The van der Waals surface area contributed by atoms with Crippen molar-refractivity contribution < 1.29 is 14.3 Å². The molecule has 0 aromatic heterocycles. The van der Waals surface area contributed by atoms with Gasteiger partial charge in [0, 0.05) is 39.2 Å². The molecule has 0 N–H and O–H groups in total. The molecule has 2 fully saturated rings. The first-order valence-electron chi connectivity index (χ1n) is 12.4. The smallest absolute Gasteiger partial charge is 0.227 e. The Kier molecular flexibility index (Phi) is 7.81. The Balaban J connectivity index is 1.51. The van der Waals surface area contributed by atoms with Crippen LogP contribution < -0.4 is 0 Å². The normalized spacial score (nSPS) is 21.3. The van der Waals surface area contributed by atoms with Gasteiger partial charge in [-0.3, -0.25) is 9.59 Å². The molecule has 2 aromatic rings. The molecule has 4 rings (SSSR count). The minimum absolute atomic E-state index is 0.146. The van der Waals surface area contributed by atoms with Crippen LogP contribution in [-0.2, 0) is 20.7 Å². The zero-order chi connectivity index (χ0) is 23.2. The van der Waals surface area contributed by atoms with E-state index in [0.29, 0.717) is 39.0 Å². The lowest BCUT2D eigenvalue weighted by Crippen LogP contribution is -2.38. The highest BCUT2D eigenvalue weighted by Crippen LogP contribution is 2.28. The molecule has 5 heteroatoms. The second-order valence-corrected chi connectivity index (χ2v) is 9.36. The number of rotatable bonds is 7. The second-order valence-electron chi connectivity index (χ2n) is 9.36. The number of hydrogen-bond donors (Lipinski definition) is 0. The molecule has 2 aliphatic heterocycles. The molecule has 0 radical (unpaired) electrons. The summed E-state index contributed by atoms with van der Waals surface area (Å²) in [5.74, 6) is 0.0736. The van der Waals surface area contributed by atoms with Gasteiger partial charge in [-0.2, -0.15) is 0 Å². The molecule has 0 aliphatic carbocycles. The molecule has 5 nitrogen and oxygen atoms in total. The van der Waals surface area contributed by atoms with Crippen LogP contribution in [-0.4, -0.2) is 60.5 Å². The third-order valence-electron chi connectivity index (χ3n) is 7.03. The number of likely N-dealkylation sites (N-methyl/N-ethyl adjacent to an activating group) is 1. The second kappa shape index (κ2) is 11.0. The van der Waals surface area contributed by atoms with Gasteiger partial charge in [0.25, 0.3) is 0 Å². The SMILES string of the molecule is CCN1CCN(C(=O)CC[C@H]2CCCO2)C[C@H](Cc2ccccc2-c2ccc(C)cc2)C1=O. The fraction of sp³-hybridized carbons (Fsp3) is 0.500. The third kappa shape index (κ3) is 5.83. The zero-order valence-electron chi connectivity index (χ0n) is 20.0. The average molecular weight is 449 g/mol. The van der Waals surface area contributed by atoms with Crippen molar-refractivity contribution in [2.45, 2.75) is 52.1 Å². The molecule has 176 valence electrons. The number of ether oxygens (including phenoxy) is 1. The Bertz CT molecular complexity index is 950. The van der Waals surface area contributed by atoms with Crippen LogP contribution in [0.2, 0.25) is 0 Å². The van der Waals surface area contributed by atoms with Crippen molar-refractivity contribution in [1.82, 2.24) is 9.80 Å². The number of aryl methyl sites for hydroxylation is 1. The van der Waals surface area contributed by atoms with Crippen molar-refractivity contribution in [1.29, 1.82) is 0 Å². The summed E-state index contributed by atoms with van der Waals surface area (Å²) in [6, 6.07) is 16.9. The first-order chi connectivity index (χ1) is 16.0. The van der Waals surface area contributed by atoms with E-state index >= 15 is 0 Å². The molecule has 2 atom stereocenters. The minimum atomic E-state index is -0.231. The Morgan fingerprint density at radius 2 is 1.88 bits per heavy atom. The van der Waals surface area contributed by atoms with Crippen LogP contribution in [0, 0.1) is 12.8 Å². The van der Waals surface area contributed by atoms with Gasteiger partial charge in [0.15, 0.2) is 0 Å². The van der Waals surface area contributed by atoms with Gasteiger partial charge in [-0.15, -0.1) is 0 Å². The fourth-order valence-corrected chi connectivity index (χ4v) is 5.03. The largest absolute Gasteiger partial charge is 0.378 e. The van der Waals surface area contributed by atoms with Crippen molar-refractivity contribution in [3.63, 3.8) is 0 Å². The first-order valence-corrected chi connectivity index (χ1v) is 12.4. The van der Waals surface area contributed by atoms with Crippen LogP contribution in [0.4, 0.5) is 0 Å². The van der Waals surface area contributed by atoms with Crippen molar-refractivity contribution in [3.8, 4) is 11.1 Å². The van der Waals surface area contributed by atoms with E-state index in [0.717, 1.165) is 42.6 Å². The molecule has 33 heavy (non-hydrogen) atoms. The lowest BCUT2D eigenvalue weighted by atomic mass is 9.91. The molecule has 2 saturated heterocycles. The van der Waals surface area contributed by atoms with Gasteiger partial charge in [0.1, 0.15) is 0 Å². The molecule has 2 heterocycles. The predicted octanol–water partition coefficient (Wildman–Crippen LogP) is 4.47. The average Bonchev–Trinajstić information content (AvgIpc) is 3.30. The van der Waals surface area contributed by atoms with Crippen LogP contribution in [0.15, 0.2) is 48.5 Å². The summed E-state index contributed by atoms with van der Waals surface area (Å²) in [6.07, 6.45) is 4.26. The summed E-state index contributed by atoms with van der Waals surface area (Å²) in [4.78, 5) is 30.3. The Morgan fingerprint density at radius 3 is 2.61 bits per heavy atom. The highest BCUT2D eigenvalue weighted by atomic mass is 16.5. The van der Waals surface area contributed by atoms with Gasteiger partial charge in [-0.1, -0.05) is 54.1 Å². The summed E-state index contributed by atoms with van der Waals surface area (Å²) < 4.78 is 5.70. The topological polar surface area (TPSA) is 49.9 Å². The van der Waals surface area contributed by atoms with E-state index in [4.69, 9.17) is 4.74 Å². The number of benzene rings is 2. The molecule has 0 saturated carbocycles. The molecule has 2 amide bonds. The molecular weight excluding hydrogens is 412 g/mol. The molecular formula is C28H36N2O3. The van der Waals surface area contributed by atoms with Crippen molar-refractivity contribution in [2.24, 2.45) is 5.92 Å². The maximum atomic E-state index is 13.4. The van der Waals surface area contributed by atoms with Crippen LogP contribution in [0.3, 0.4) is 0 Å². The summed E-state index contributed by atoms with van der Waals surface area (Å²) in [5.41, 5.74) is 4.71. The van der Waals surface area contributed by atoms with E-state index in [2.05, 4.69) is 43.3 Å². The summed E-state index contributed by atoms with van der Waals surface area (Å²) in [7, 11) is 0. The summed E-state index contributed by atoms with van der Waals surface area (Å²) in [5, 5.41) is 0. The van der Waals surface area contributed by atoms with E-state index in [1.807, 2.05) is 28.9 Å². The lowest BCUT2D eigenvalue weighted by molar-refractivity contribution is -0.135. The highest BCUT2D eigenvalue weighted by molar-refractivity contribution is 5.83. The maximum absolute atomic E-state index is 13.4. The summed E-state index contributed by atoms with van der Waals surface area (Å²) in [6.45, 7) is 7.30. The van der Waals surface area contributed by atoms with Gasteiger partial charge >= 0.3 is 0 Å². The number of hydrogen-bond acceptors (Lipinski definition) is 3. The predicted molar refractivity (Wildman–Crippen MR) is 131 cm³/mol.